The molecule has 0 radical (unpaired) electrons. The number of carbonyl (C=O) groups is 1. The summed E-state index contributed by atoms with van der Waals surface area (Å²) in [7, 11) is -3.89. The first-order valence-electron chi connectivity index (χ1n) is 11.5. The molecule has 8 nitrogen and oxygen atoms in total. The van der Waals surface area contributed by atoms with Gasteiger partial charge < -0.3 is 19.7 Å². The van der Waals surface area contributed by atoms with Gasteiger partial charge in [0.25, 0.3) is 15.9 Å². The Kier molecular flexibility index (Phi) is 6.36. The van der Waals surface area contributed by atoms with Gasteiger partial charge >= 0.3 is 0 Å². The number of hydrogen-bond acceptors (Lipinski definition) is 6. The first-order valence-corrected chi connectivity index (χ1v) is 12.9. The Morgan fingerprint density at radius 2 is 1.69 bits per heavy atom. The van der Waals surface area contributed by atoms with Crippen molar-refractivity contribution in [2.24, 2.45) is 0 Å². The van der Waals surface area contributed by atoms with E-state index in [-0.39, 0.29) is 11.4 Å². The molecule has 0 aromatic heterocycles. The van der Waals surface area contributed by atoms with Crippen molar-refractivity contribution in [3.63, 3.8) is 0 Å². The lowest BCUT2D eigenvalue weighted by molar-refractivity contribution is -0.122. The zero-order chi connectivity index (χ0) is 24.4. The topological polar surface area (TPSA) is 88.2 Å². The van der Waals surface area contributed by atoms with E-state index in [9.17, 15) is 13.2 Å². The van der Waals surface area contributed by atoms with Crippen LogP contribution in [0.1, 0.15) is 5.56 Å². The summed E-state index contributed by atoms with van der Waals surface area (Å²) in [6.07, 6.45) is -1.01. The van der Waals surface area contributed by atoms with E-state index in [1.54, 1.807) is 42.5 Å². The second kappa shape index (κ2) is 9.59. The van der Waals surface area contributed by atoms with Crippen molar-refractivity contribution < 1.29 is 22.7 Å². The smallest absolute Gasteiger partial charge is 0.267 e. The van der Waals surface area contributed by atoms with Crippen molar-refractivity contribution in [2.75, 3.05) is 47.4 Å². The second-order valence-corrected chi connectivity index (χ2v) is 10.4. The lowest BCUT2D eigenvalue weighted by Gasteiger charge is -2.35. The fraction of sp³-hybridized carbons (Fsp3) is 0.269. The third-order valence-electron chi connectivity index (χ3n) is 6.12. The van der Waals surface area contributed by atoms with Gasteiger partial charge in [-0.2, -0.15) is 0 Å². The van der Waals surface area contributed by atoms with Gasteiger partial charge in [0.2, 0.25) is 0 Å². The van der Waals surface area contributed by atoms with E-state index in [0.717, 1.165) is 24.3 Å². The SMILES string of the molecule is Cc1ccc2c(c1)N(S(=O)(=O)c1ccccc1)C[C@@H](C(=O)Nc1ccc(N3CCOCC3)cc1)O2. The lowest BCUT2D eigenvalue weighted by atomic mass is 10.1. The number of ether oxygens (including phenoxy) is 2. The quantitative estimate of drug-likeness (QED) is 0.586. The van der Waals surface area contributed by atoms with Gasteiger partial charge in [-0.1, -0.05) is 24.3 Å². The first kappa shape index (κ1) is 23.2. The number of hydrogen-bond donors (Lipinski definition) is 1. The molecule has 9 heteroatoms. The van der Waals surface area contributed by atoms with Crippen molar-refractivity contribution in [3.8, 4) is 5.75 Å². The average Bonchev–Trinajstić information content (AvgIpc) is 2.89. The standard InChI is InChI=1S/C26H27N3O5S/c1-19-7-12-24-23(17-19)29(35(31,32)22-5-3-2-4-6-22)18-25(34-24)26(30)27-20-8-10-21(11-9-20)28-13-15-33-16-14-28/h2-12,17,25H,13-16,18H2,1H3,(H,27,30)/t25-/m0/s1. The maximum Gasteiger partial charge on any atom is 0.267 e. The molecule has 0 aliphatic carbocycles. The number of morpholine rings is 1. The molecule has 0 saturated carbocycles. The van der Waals surface area contributed by atoms with Crippen LogP contribution in [0.5, 0.6) is 5.75 Å². The summed E-state index contributed by atoms with van der Waals surface area (Å²) in [6.45, 7) is 4.79. The van der Waals surface area contributed by atoms with Crippen LogP contribution in [0, 0.1) is 6.92 Å². The van der Waals surface area contributed by atoms with Crippen molar-refractivity contribution in [1.82, 2.24) is 0 Å². The maximum atomic E-state index is 13.5. The predicted octanol–water partition coefficient (Wildman–Crippen LogP) is 3.43. The van der Waals surface area contributed by atoms with Crippen LogP contribution < -0.4 is 19.3 Å². The number of amides is 1. The van der Waals surface area contributed by atoms with Crippen LogP contribution in [0.15, 0.2) is 77.7 Å². The molecule has 1 saturated heterocycles. The van der Waals surface area contributed by atoms with E-state index >= 15 is 0 Å². The fourth-order valence-electron chi connectivity index (χ4n) is 4.25. The van der Waals surface area contributed by atoms with Crippen LogP contribution in [-0.2, 0) is 19.6 Å². The van der Waals surface area contributed by atoms with E-state index in [4.69, 9.17) is 9.47 Å². The van der Waals surface area contributed by atoms with Gasteiger partial charge in [0.15, 0.2) is 6.10 Å². The number of sulfonamides is 1. The average molecular weight is 494 g/mol. The molecule has 35 heavy (non-hydrogen) atoms. The van der Waals surface area contributed by atoms with Crippen LogP contribution >= 0.6 is 0 Å². The number of nitrogens with zero attached hydrogens (tertiary/aromatic N) is 2. The summed E-state index contributed by atoms with van der Waals surface area (Å²) in [5.74, 6) is -0.0622. The van der Waals surface area contributed by atoms with Crippen LogP contribution in [0.25, 0.3) is 0 Å². The molecule has 3 aromatic rings. The summed E-state index contributed by atoms with van der Waals surface area (Å²) >= 11 is 0. The van der Waals surface area contributed by atoms with Gasteiger partial charge in [0.05, 0.1) is 30.3 Å². The zero-order valence-corrected chi connectivity index (χ0v) is 20.2. The molecular weight excluding hydrogens is 466 g/mol. The van der Waals surface area contributed by atoms with Crippen molar-refractivity contribution >= 4 is 33.0 Å². The summed E-state index contributed by atoms with van der Waals surface area (Å²) in [5, 5.41) is 2.87. The first-order chi connectivity index (χ1) is 16.9. The lowest BCUT2D eigenvalue weighted by Crippen LogP contribution is -2.48. The summed E-state index contributed by atoms with van der Waals surface area (Å²) in [5.41, 5.74) is 2.99. The summed E-state index contributed by atoms with van der Waals surface area (Å²) < 4.78 is 39.6. The number of fused-ring (bicyclic) bond motifs is 1. The molecule has 0 bridgehead atoms. The molecule has 2 aliphatic rings. The number of benzene rings is 3. The third-order valence-corrected chi connectivity index (χ3v) is 7.91. The van der Waals surface area contributed by atoms with Gasteiger partial charge in [-0.15, -0.1) is 0 Å². The highest BCUT2D eigenvalue weighted by Gasteiger charge is 2.37. The number of carbonyl (C=O) groups excluding carboxylic acids is 1. The van der Waals surface area contributed by atoms with E-state index in [1.807, 2.05) is 37.3 Å². The Bertz CT molecular complexity index is 1310. The predicted molar refractivity (Wildman–Crippen MR) is 135 cm³/mol. The Labute approximate surface area is 205 Å². The molecule has 1 amide bonds. The van der Waals surface area contributed by atoms with E-state index < -0.39 is 22.0 Å². The van der Waals surface area contributed by atoms with Crippen LogP contribution in [0.4, 0.5) is 17.1 Å². The number of nitrogens with one attached hydrogen (secondary N) is 1. The molecule has 2 heterocycles. The summed E-state index contributed by atoms with van der Waals surface area (Å²) in [6, 6.07) is 21.1. The minimum absolute atomic E-state index is 0.134. The molecule has 1 fully saturated rings. The highest BCUT2D eigenvalue weighted by molar-refractivity contribution is 7.92. The van der Waals surface area contributed by atoms with Crippen molar-refractivity contribution in [2.45, 2.75) is 17.9 Å². The minimum Gasteiger partial charge on any atom is -0.476 e. The number of aryl methyl sites for hydroxylation is 1. The molecule has 5 rings (SSSR count). The molecule has 0 spiro atoms. The Morgan fingerprint density at radius 1 is 0.971 bits per heavy atom. The van der Waals surface area contributed by atoms with Gasteiger partial charge in [-0.25, -0.2) is 8.42 Å². The van der Waals surface area contributed by atoms with Gasteiger partial charge in [-0.05, 0) is 61.0 Å². The molecule has 1 atom stereocenters. The number of anilines is 3. The Morgan fingerprint density at radius 3 is 2.40 bits per heavy atom. The van der Waals surface area contributed by atoms with Gasteiger partial charge in [-0.3, -0.25) is 9.10 Å². The number of rotatable bonds is 5. The van der Waals surface area contributed by atoms with Gasteiger partial charge in [0.1, 0.15) is 5.75 Å². The molecule has 3 aromatic carbocycles. The second-order valence-electron chi connectivity index (χ2n) is 8.56. The maximum absolute atomic E-state index is 13.5. The summed E-state index contributed by atoms with van der Waals surface area (Å²) in [4.78, 5) is 15.5. The van der Waals surface area contributed by atoms with E-state index in [0.29, 0.717) is 30.3 Å². The van der Waals surface area contributed by atoms with E-state index in [2.05, 4.69) is 10.2 Å². The van der Waals surface area contributed by atoms with Crippen molar-refractivity contribution in [3.05, 3.63) is 78.4 Å². The monoisotopic (exact) mass is 493 g/mol. The van der Waals surface area contributed by atoms with Crippen molar-refractivity contribution in [1.29, 1.82) is 0 Å². The van der Waals surface area contributed by atoms with Crippen LogP contribution in [0.2, 0.25) is 0 Å². The highest BCUT2D eigenvalue weighted by Crippen LogP contribution is 2.38. The van der Waals surface area contributed by atoms with Gasteiger partial charge in [0, 0.05) is 24.5 Å². The van der Waals surface area contributed by atoms with E-state index in [1.165, 1.54) is 4.31 Å². The largest absolute Gasteiger partial charge is 0.476 e. The Balaban J connectivity index is 1.37. The molecular formula is C26H27N3O5S. The fourth-order valence-corrected chi connectivity index (χ4v) is 5.73. The van der Waals surface area contributed by atoms with Crippen LogP contribution in [0.3, 0.4) is 0 Å². The van der Waals surface area contributed by atoms with Crippen LogP contribution in [-0.4, -0.2) is 53.3 Å². The molecule has 0 unspecified atom stereocenters. The third kappa shape index (κ3) is 4.82. The molecule has 2 aliphatic heterocycles. The normalized spacial score (nSPS) is 17.9. The highest BCUT2D eigenvalue weighted by atomic mass is 32.2. The Hall–Kier alpha value is -3.56. The molecule has 1 N–H and O–H groups in total. The molecule has 182 valence electrons. The minimum atomic E-state index is -3.89. The zero-order valence-electron chi connectivity index (χ0n) is 19.4.